The zero-order valence-electron chi connectivity index (χ0n) is 10.9. The van der Waals surface area contributed by atoms with Gasteiger partial charge in [-0.05, 0) is 31.6 Å². The van der Waals surface area contributed by atoms with Gasteiger partial charge in [-0.2, -0.15) is 0 Å². The molecule has 0 bridgehead atoms. The van der Waals surface area contributed by atoms with Crippen LogP contribution in [-0.2, 0) is 4.74 Å². The van der Waals surface area contributed by atoms with Crippen molar-refractivity contribution in [1.29, 1.82) is 0 Å². The number of ether oxygens (including phenoxy) is 1. The van der Waals surface area contributed by atoms with Crippen LogP contribution in [0.4, 0.5) is 0 Å². The fourth-order valence-electron chi connectivity index (χ4n) is 3.36. The molecular formula is C14H27NO. The minimum Gasteiger partial charge on any atom is -0.378 e. The molecule has 0 heterocycles. The molecule has 16 heavy (non-hydrogen) atoms. The van der Waals surface area contributed by atoms with Gasteiger partial charge < -0.3 is 10.5 Å². The van der Waals surface area contributed by atoms with Gasteiger partial charge in [0.25, 0.3) is 0 Å². The number of rotatable bonds is 4. The maximum Gasteiger partial charge on any atom is 0.0661 e. The smallest absolute Gasteiger partial charge is 0.0661 e. The van der Waals surface area contributed by atoms with Crippen molar-refractivity contribution in [3.8, 4) is 0 Å². The Balaban J connectivity index is 1.81. The van der Waals surface area contributed by atoms with Gasteiger partial charge in [0, 0.05) is 18.1 Å². The Morgan fingerprint density at radius 3 is 2.50 bits per heavy atom. The molecule has 0 aromatic rings. The molecule has 2 aliphatic rings. The van der Waals surface area contributed by atoms with Crippen molar-refractivity contribution in [2.75, 3.05) is 6.61 Å². The van der Waals surface area contributed by atoms with E-state index in [1.807, 2.05) is 0 Å². The minimum atomic E-state index is 0.370. The van der Waals surface area contributed by atoms with E-state index in [2.05, 4.69) is 13.8 Å². The second-order valence-electron chi connectivity index (χ2n) is 6.18. The van der Waals surface area contributed by atoms with Gasteiger partial charge in [0.15, 0.2) is 0 Å². The number of hydrogen-bond acceptors (Lipinski definition) is 2. The molecule has 2 N–H and O–H groups in total. The summed E-state index contributed by atoms with van der Waals surface area (Å²) in [5.74, 6) is 0.746. The number of hydrogen-bond donors (Lipinski definition) is 1. The molecule has 0 radical (unpaired) electrons. The Hall–Kier alpha value is -0.0800. The van der Waals surface area contributed by atoms with E-state index in [1.54, 1.807) is 0 Å². The Kier molecular flexibility index (Phi) is 3.91. The van der Waals surface area contributed by atoms with Crippen molar-refractivity contribution in [3.63, 3.8) is 0 Å². The summed E-state index contributed by atoms with van der Waals surface area (Å²) in [5, 5.41) is 0. The molecule has 2 atom stereocenters. The third-order valence-electron chi connectivity index (χ3n) is 4.65. The van der Waals surface area contributed by atoms with Crippen LogP contribution in [0.25, 0.3) is 0 Å². The Morgan fingerprint density at radius 1 is 1.25 bits per heavy atom. The molecule has 0 amide bonds. The van der Waals surface area contributed by atoms with Gasteiger partial charge >= 0.3 is 0 Å². The van der Waals surface area contributed by atoms with E-state index in [0.29, 0.717) is 17.6 Å². The van der Waals surface area contributed by atoms with Crippen LogP contribution in [0, 0.1) is 11.3 Å². The summed E-state index contributed by atoms with van der Waals surface area (Å²) >= 11 is 0. The highest BCUT2D eigenvalue weighted by Crippen LogP contribution is 2.52. The predicted octanol–water partition coefficient (Wildman–Crippen LogP) is 3.10. The van der Waals surface area contributed by atoms with Crippen LogP contribution in [0.15, 0.2) is 0 Å². The first-order chi connectivity index (χ1) is 7.65. The number of nitrogens with two attached hydrogens (primary N) is 1. The minimum absolute atomic E-state index is 0.370. The quantitative estimate of drug-likeness (QED) is 0.798. The summed E-state index contributed by atoms with van der Waals surface area (Å²) < 4.78 is 6.07. The second kappa shape index (κ2) is 5.05. The first-order valence-electron chi connectivity index (χ1n) is 7.02. The van der Waals surface area contributed by atoms with E-state index in [-0.39, 0.29) is 0 Å². The molecule has 2 rings (SSSR count). The Bertz CT molecular complexity index is 221. The maximum atomic E-state index is 6.23. The lowest BCUT2D eigenvalue weighted by Crippen LogP contribution is -2.63. The van der Waals surface area contributed by atoms with Gasteiger partial charge in [-0.15, -0.1) is 0 Å². The Labute approximate surface area is 99.9 Å². The van der Waals surface area contributed by atoms with Crippen LogP contribution in [0.5, 0.6) is 0 Å². The van der Waals surface area contributed by atoms with Gasteiger partial charge in [0.05, 0.1) is 6.10 Å². The fourth-order valence-corrected chi connectivity index (χ4v) is 3.36. The topological polar surface area (TPSA) is 35.2 Å². The maximum absolute atomic E-state index is 6.23. The molecule has 94 valence electrons. The van der Waals surface area contributed by atoms with Crippen LogP contribution in [0.1, 0.15) is 58.8 Å². The molecule has 2 nitrogen and oxygen atoms in total. The van der Waals surface area contributed by atoms with Crippen molar-refractivity contribution in [1.82, 2.24) is 0 Å². The largest absolute Gasteiger partial charge is 0.378 e. The SMILES string of the molecule is CC(C)CCOC1CC(N)C12CCCCC2. The Morgan fingerprint density at radius 2 is 1.94 bits per heavy atom. The first-order valence-corrected chi connectivity index (χ1v) is 7.02. The predicted molar refractivity (Wildman–Crippen MR) is 67.3 cm³/mol. The van der Waals surface area contributed by atoms with Gasteiger partial charge in [-0.1, -0.05) is 33.1 Å². The summed E-state index contributed by atoms with van der Waals surface area (Å²) in [6.45, 7) is 5.44. The van der Waals surface area contributed by atoms with E-state index < -0.39 is 0 Å². The van der Waals surface area contributed by atoms with Gasteiger partial charge in [0.2, 0.25) is 0 Å². The normalized spacial score (nSPS) is 33.0. The third-order valence-corrected chi connectivity index (χ3v) is 4.65. The van der Waals surface area contributed by atoms with Crippen LogP contribution >= 0.6 is 0 Å². The molecule has 2 saturated carbocycles. The van der Waals surface area contributed by atoms with E-state index >= 15 is 0 Å². The molecule has 1 spiro atoms. The highest BCUT2D eigenvalue weighted by atomic mass is 16.5. The van der Waals surface area contributed by atoms with Crippen molar-refractivity contribution in [2.45, 2.75) is 70.9 Å². The summed E-state index contributed by atoms with van der Waals surface area (Å²) in [7, 11) is 0. The first kappa shape index (κ1) is 12.4. The zero-order valence-corrected chi connectivity index (χ0v) is 10.9. The third kappa shape index (κ3) is 2.28. The monoisotopic (exact) mass is 225 g/mol. The molecule has 2 aliphatic carbocycles. The highest BCUT2D eigenvalue weighted by Gasteiger charge is 2.53. The standard InChI is InChI=1S/C14H27NO/c1-11(2)6-9-16-13-10-12(15)14(13)7-4-3-5-8-14/h11-13H,3-10,15H2,1-2H3. The van der Waals surface area contributed by atoms with Crippen molar-refractivity contribution in [2.24, 2.45) is 17.1 Å². The van der Waals surface area contributed by atoms with Crippen LogP contribution in [0.3, 0.4) is 0 Å². The van der Waals surface area contributed by atoms with E-state index in [9.17, 15) is 0 Å². The second-order valence-corrected chi connectivity index (χ2v) is 6.18. The van der Waals surface area contributed by atoms with Crippen LogP contribution in [0.2, 0.25) is 0 Å². The summed E-state index contributed by atoms with van der Waals surface area (Å²) in [6.07, 6.45) is 9.48. The van der Waals surface area contributed by atoms with Gasteiger partial charge in [-0.25, -0.2) is 0 Å². The molecule has 2 fully saturated rings. The van der Waals surface area contributed by atoms with Crippen molar-refractivity contribution < 1.29 is 4.74 Å². The zero-order chi connectivity index (χ0) is 11.6. The van der Waals surface area contributed by atoms with E-state index in [0.717, 1.165) is 18.9 Å². The summed E-state index contributed by atoms with van der Waals surface area (Å²) in [4.78, 5) is 0. The molecule has 0 aliphatic heterocycles. The lowest BCUT2D eigenvalue weighted by atomic mass is 9.55. The van der Waals surface area contributed by atoms with Crippen LogP contribution in [-0.4, -0.2) is 18.8 Å². The fraction of sp³-hybridized carbons (Fsp3) is 1.00. The lowest BCUT2D eigenvalue weighted by Gasteiger charge is -2.56. The highest BCUT2D eigenvalue weighted by molar-refractivity contribution is 5.07. The molecule has 2 unspecified atom stereocenters. The summed E-state index contributed by atoms with van der Waals surface area (Å²) in [6, 6.07) is 0.414. The average Bonchev–Trinajstić information content (AvgIpc) is 2.29. The van der Waals surface area contributed by atoms with E-state index in [1.165, 1.54) is 38.5 Å². The molecule has 0 aromatic carbocycles. The van der Waals surface area contributed by atoms with Crippen LogP contribution < -0.4 is 5.73 Å². The summed E-state index contributed by atoms with van der Waals surface area (Å²) in [5.41, 5.74) is 6.60. The average molecular weight is 225 g/mol. The molecule has 0 saturated heterocycles. The lowest BCUT2D eigenvalue weighted by molar-refractivity contribution is -0.144. The van der Waals surface area contributed by atoms with E-state index in [4.69, 9.17) is 10.5 Å². The molecular weight excluding hydrogens is 198 g/mol. The van der Waals surface area contributed by atoms with Gasteiger partial charge in [0.1, 0.15) is 0 Å². The van der Waals surface area contributed by atoms with Gasteiger partial charge in [-0.3, -0.25) is 0 Å². The van der Waals surface area contributed by atoms with Crippen molar-refractivity contribution >= 4 is 0 Å². The molecule has 0 aromatic heterocycles. The molecule has 2 heteroatoms. The van der Waals surface area contributed by atoms with Crippen molar-refractivity contribution in [3.05, 3.63) is 0 Å².